The van der Waals surface area contributed by atoms with E-state index in [1.165, 1.54) is 0 Å². The number of aromatic amines is 1. The topological polar surface area (TPSA) is 56.9 Å². The van der Waals surface area contributed by atoms with Crippen LogP contribution in [-0.2, 0) is 11.3 Å². The van der Waals surface area contributed by atoms with Gasteiger partial charge in [-0.2, -0.15) is 0 Å². The summed E-state index contributed by atoms with van der Waals surface area (Å²) in [7, 11) is 0. The average molecular weight is 207 g/mol. The van der Waals surface area contributed by atoms with E-state index in [0.29, 0.717) is 0 Å². The normalized spacial score (nSPS) is 22.1. The van der Waals surface area contributed by atoms with Crippen molar-refractivity contribution in [3.05, 3.63) is 24.0 Å². The zero-order chi connectivity index (χ0) is 10.5. The summed E-state index contributed by atoms with van der Waals surface area (Å²) in [5, 5.41) is 6.18. The lowest BCUT2D eigenvalue weighted by molar-refractivity contribution is -0.122. The van der Waals surface area contributed by atoms with Crippen LogP contribution in [0.25, 0.3) is 0 Å². The van der Waals surface area contributed by atoms with Crippen molar-refractivity contribution >= 4 is 5.91 Å². The maximum atomic E-state index is 11.6. The van der Waals surface area contributed by atoms with Gasteiger partial charge in [0.15, 0.2) is 0 Å². The lowest BCUT2D eigenvalue weighted by atomic mass is 10.1. The summed E-state index contributed by atoms with van der Waals surface area (Å²) in [6.07, 6.45) is 5.03. The molecule has 4 heteroatoms. The molecule has 0 spiro atoms. The fraction of sp³-hybridized carbons (Fsp3) is 0.545. The smallest absolute Gasteiger partial charge is 0.237 e. The van der Waals surface area contributed by atoms with Crippen LogP contribution >= 0.6 is 0 Å². The van der Waals surface area contributed by atoms with Crippen molar-refractivity contribution < 1.29 is 4.79 Å². The van der Waals surface area contributed by atoms with Crippen molar-refractivity contribution in [3.63, 3.8) is 0 Å². The van der Waals surface area contributed by atoms with Gasteiger partial charge in [-0.3, -0.25) is 4.79 Å². The Bertz CT molecular complexity index is 308. The second kappa shape index (κ2) is 4.98. The minimum atomic E-state index is -0.0317. The standard InChI is InChI=1S/C11H17N3O/c15-11-10(5-1-2-6-13-11)14-8-9-4-3-7-12-9/h3-4,7,10,12,14H,1-2,5-6,8H2,(H,13,15). The predicted octanol–water partition coefficient (Wildman–Crippen LogP) is 0.773. The molecule has 2 rings (SSSR count). The molecule has 0 aromatic carbocycles. The zero-order valence-corrected chi connectivity index (χ0v) is 8.75. The molecule has 1 aromatic heterocycles. The van der Waals surface area contributed by atoms with E-state index in [0.717, 1.165) is 38.0 Å². The minimum absolute atomic E-state index is 0.0317. The van der Waals surface area contributed by atoms with Gasteiger partial charge in [-0.25, -0.2) is 0 Å². The van der Waals surface area contributed by atoms with Gasteiger partial charge in [-0.1, -0.05) is 0 Å². The monoisotopic (exact) mass is 207 g/mol. The highest BCUT2D eigenvalue weighted by Crippen LogP contribution is 2.06. The number of rotatable bonds is 3. The van der Waals surface area contributed by atoms with E-state index >= 15 is 0 Å². The average Bonchev–Trinajstić information content (AvgIpc) is 2.67. The van der Waals surface area contributed by atoms with Gasteiger partial charge in [0.1, 0.15) is 0 Å². The first-order chi connectivity index (χ1) is 7.36. The Balaban J connectivity index is 1.84. The summed E-state index contributed by atoms with van der Waals surface area (Å²) in [6.45, 7) is 1.55. The molecule has 15 heavy (non-hydrogen) atoms. The van der Waals surface area contributed by atoms with E-state index in [9.17, 15) is 4.79 Å². The van der Waals surface area contributed by atoms with Gasteiger partial charge < -0.3 is 15.6 Å². The molecule has 0 saturated carbocycles. The Labute approximate surface area is 89.5 Å². The van der Waals surface area contributed by atoms with Crippen molar-refractivity contribution in [2.24, 2.45) is 0 Å². The molecule has 1 unspecified atom stereocenters. The zero-order valence-electron chi connectivity index (χ0n) is 8.75. The Morgan fingerprint density at radius 2 is 2.40 bits per heavy atom. The lowest BCUT2D eigenvalue weighted by Crippen LogP contribution is -2.42. The first kappa shape index (κ1) is 10.2. The molecule has 82 valence electrons. The summed E-state index contributed by atoms with van der Waals surface area (Å²) in [5.41, 5.74) is 1.12. The van der Waals surface area contributed by atoms with Crippen molar-refractivity contribution in [1.82, 2.24) is 15.6 Å². The molecule has 4 nitrogen and oxygen atoms in total. The number of aromatic nitrogens is 1. The summed E-state index contributed by atoms with van der Waals surface area (Å²) in [5.74, 6) is 0.138. The highest BCUT2D eigenvalue weighted by atomic mass is 16.2. The van der Waals surface area contributed by atoms with Crippen LogP contribution in [0.1, 0.15) is 25.0 Å². The molecule has 3 N–H and O–H groups in total. The fourth-order valence-electron chi connectivity index (χ4n) is 1.84. The van der Waals surface area contributed by atoms with Gasteiger partial charge in [0.25, 0.3) is 0 Å². The summed E-state index contributed by atoms with van der Waals surface area (Å²) in [4.78, 5) is 14.7. The molecule has 0 bridgehead atoms. The third kappa shape index (κ3) is 2.83. The third-order valence-electron chi connectivity index (χ3n) is 2.74. The molecule has 0 aliphatic carbocycles. The number of amides is 1. The minimum Gasteiger partial charge on any atom is -0.364 e. The fourth-order valence-corrected chi connectivity index (χ4v) is 1.84. The molecule has 1 aliphatic rings. The van der Waals surface area contributed by atoms with Crippen LogP contribution in [-0.4, -0.2) is 23.5 Å². The molecule has 1 aliphatic heterocycles. The maximum Gasteiger partial charge on any atom is 0.237 e. The maximum absolute atomic E-state index is 11.6. The van der Waals surface area contributed by atoms with Gasteiger partial charge in [0.05, 0.1) is 6.04 Å². The number of carbonyl (C=O) groups excluding carboxylic acids is 1. The molecule has 1 fully saturated rings. The van der Waals surface area contributed by atoms with Crippen LogP contribution in [0.4, 0.5) is 0 Å². The second-order valence-electron chi connectivity index (χ2n) is 3.92. The van der Waals surface area contributed by atoms with Crippen LogP contribution in [0, 0.1) is 0 Å². The van der Waals surface area contributed by atoms with Crippen LogP contribution in [0.2, 0.25) is 0 Å². The highest BCUT2D eigenvalue weighted by molar-refractivity contribution is 5.81. The number of H-pyrrole nitrogens is 1. The summed E-state index contributed by atoms with van der Waals surface area (Å²) < 4.78 is 0. The molecular formula is C11H17N3O. The van der Waals surface area contributed by atoms with Gasteiger partial charge in [0, 0.05) is 25.0 Å². The largest absolute Gasteiger partial charge is 0.364 e. The second-order valence-corrected chi connectivity index (χ2v) is 3.92. The van der Waals surface area contributed by atoms with Gasteiger partial charge >= 0.3 is 0 Å². The van der Waals surface area contributed by atoms with Crippen molar-refractivity contribution in [1.29, 1.82) is 0 Å². The third-order valence-corrected chi connectivity index (χ3v) is 2.74. The molecule has 1 saturated heterocycles. The van der Waals surface area contributed by atoms with Gasteiger partial charge in [-0.15, -0.1) is 0 Å². The first-order valence-electron chi connectivity index (χ1n) is 5.49. The van der Waals surface area contributed by atoms with Crippen molar-refractivity contribution in [2.45, 2.75) is 31.8 Å². The molecule has 2 heterocycles. The van der Waals surface area contributed by atoms with E-state index in [2.05, 4.69) is 15.6 Å². The van der Waals surface area contributed by atoms with E-state index < -0.39 is 0 Å². The Kier molecular flexibility index (Phi) is 3.40. The van der Waals surface area contributed by atoms with E-state index in [-0.39, 0.29) is 11.9 Å². The number of hydrogen-bond acceptors (Lipinski definition) is 2. The quantitative estimate of drug-likeness (QED) is 0.686. The predicted molar refractivity (Wildman–Crippen MR) is 58.3 cm³/mol. The van der Waals surface area contributed by atoms with Crippen LogP contribution in [0.15, 0.2) is 18.3 Å². The highest BCUT2D eigenvalue weighted by Gasteiger charge is 2.19. The summed E-state index contributed by atoms with van der Waals surface area (Å²) in [6, 6.07) is 3.95. The van der Waals surface area contributed by atoms with Crippen LogP contribution in [0.5, 0.6) is 0 Å². The van der Waals surface area contributed by atoms with E-state index in [1.807, 2.05) is 18.3 Å². The number of carbonyl (C=O) groups is 1. The Morgan fingerprint density at radius 1 is 1.47 bits per heavy atom. The Morgan fingerprint density at radius 3 is 3.20 bits per heavy atom. The summed E-state index contributed by atoms with van der Waals surface area (Å²) >= 11 is 0. The molecule has 1 aromatic rings. The van der Waals surface area contributed by atoms with Crippen LogP contribution < -0.4 is 10.6 Å². The van der Waals surface area contributed by atoms with Gasteiger partial charge in [-0.05, 0) is 31.4 Å². The molecule has 1 amide bonds. The molecule has 0 radical (unpaired) electrons. The molecular weight excluding hydrogens is 190 g/mol. The van der Waals surface area contributed by atoms with Crippen molar-refractivity contribution in [2.75, 3.05) is 6.54 Å². The SMILES string of the molecule is O=C1NCCCCC1NCc1ccc[nH]1. The number of nitrogens with one attached hydrogen (secondary N) is 3. The van der Waals surface area contributed by atoms with Crippen LogP contribution in [0.3, 0.4) is 0 Å². The lowest BCUT2D eigenvalue weighted by Gasteiger charge is -2.14. The first-order valence-corrected chi connectivity index (χ1v) is 5.49. The van der Waals surface area contributed by atoms with E-state index in [1.54, 1.807) is 0 Å². The van der Waals surface area contributed by atoms with Gasteiger partial charge in [0.2, 0.25) is 5.91 Å². The van der Waals surface area contributed by atoms with Crippen molar-refractivity contribution in [3.8, 4) is 0 Å². The Hall–Kier alpha value is -1.29. The van der Waals surface area contributed by atoms with E-state index in [4.69, 9.17) is 0 Å². The molecule has 1 atom stereocenters. The number of hydrogen-bond donors (Lipinski definition) is 3.